The monoisotopic (exact) mass is 249 g/mol. The van der Waals surface area contributed by atoms with Crippen LogP contribution in [0.25, 0.3) is 0 Å². The van der Waals surface area contributed by atoms with Crippen LogP contribution in [0.5, 0.6) is 0 Å². The van der Waals surface area contributed by atoms with Gasteiger partial charge in [0.1, 0.15) is 11.9 Å². The van der Waals surface area contributed by atoms with E-state index in [-0.39, 0.29) is 11.9 Å². The molecule has 1 fully saturated rings. The molecule has 1 aromatic rings. The van der Waals surface area contributed by atoms with Gasteiger partial charge in [0, 0.05) is 19.8 Å². The molecule has 1 aliphatic rings. The zero-order valence-corrected chi connectivity index (χ0v) is 10.8. The Morgan fingerprint density at radius 3 is 3.11 bits per heavy atom. The van der Waals surface area contributed by atoms with Gasteiger partial charge in [0.15, 0.2) is 0 Å². The third kappa shape index (κ3) is 2.46. The van der Waals surface area contributed by atoms with Gasteiger partial charge in [-0.3, -0.25) is 4.79 Å². The van der Waals surface area contributed by atoms with Crippen LogP contribution in [0.4, 0.5) is 5.82 Å². The van der Waals surface area contributed by atoms with Crippen molar-refractivity contribution in [1.29, 1.82) is 0 Å². The molecule has 18 heavy (non-hydrogen) atoms. The lowest BCUT2D eigenvalue weighted by atomic mass is 10.1. The molecule has 0 radical (unpaired) electrons. The average Bonchev–Trinajstić information content (AvgIpc) is 2.87. The lowest BCUT2D eigenvalue weighted by Crippen LogP contribution is -2.42. The van der Waals surface area contributed by atoms with E-state index >= 15 is 0 Å². The fraction of sp³-hybridized carbons (Fsp3) is 0.538. The third-order valence-electron chi connectivity index (χ3n) is 3.35. The van der Waals surface area contributed by atoms with Gasteiger partial charge >= 0.3 is 0 Å². The van der Waals surface area contributed by atoms with E-state index in [4.69, 9.17) is 0 Å². The highest BCUT2D eigenvalue weighted by molar-refractivity contribution is 5.85. The van der Waals surface area contributed by atoms with Crippen molar-refractivity contribution in [2.45, 2.75) is 31.9 Å². The number of nitrogens with zero attached hydrogens (tertiary/aromatic N) is 2. The number of likely N-dealkylation sites (N-methyl/N-ethyl adjacent to an activating group) is 1. The number of anilines is 1. The third-order valence-corrected chi connectivity index (χ3v) is 3.35. The lowest BCUT2D eigenvalue weighted by molar-refractivity contribution is -0.121. The number of aliphatic hydroxyl groups is 1. The Hall–Kier alpha value is -1.62. The van der Waals surface area contributed by atoms with Crippen molar-refractivity contribution in [1.82, 2.24) is 10.3 Å². The van der Waals surface area contributed by atoms with E-state index in [9.17, 15) is 9.90 Å². The number of hydrogen-bond donors (Lipinski definition) is 2. The van der Waals surface area contributed by atoms with Gasteiger partial charge in [-0.05, 0) is 37.5 Å². The van der Waals surface area contributed by atoms with Crippen LogP contribution in [0.15, 0.2) is 18.3 Å². The number of pyridine rings is 1. The van der Waals surface area contributed by atoms with Gasteiger partial charge in [0.2, 0.25) is 5.91 Å². The van der Waals surface area contributed by atoms with Crippen LogP contribution in [-0.2, 0) is 4.79 Å². The molecule has 98 valence electrons. The van der Waals surface area contributed by atoms with Gasteiger partial charge in [-0.15, -0.1) is 0 Å². The number of carbonyl (C=O) groups excluding carboxylic acids is 1. The molecule has 1 unspecified atom stereocenters. The highest BCUT2D eigenvalue weighted by atomic mass is 16.3. The summed E-state index contributed by atoms with van der Waals surface area (Å²) in [4.78, 5) is 18.1. The molecule has 5 heteroatoms. The molecule has 5 nitrogen and oxygen atoms in total. The average molecular weight is 249 g/mol. The summed E-state index contributed by atoms with van der Waals surface area (Å²) in [6.45, 7) is 2.55. The summed E-state index contributed by atoms with van der Waals surface area (Å²) in [6, 6.07) is 3.50. The van der Waals surface area contributed by atoms with Crippen molar-refractivity contribution in [2.75, 3.05) is 18.5 Å². The minimum absolute atomic E-state index is 0.0248. The van der Waals surface area contributed by atoms with Crippen molar-refractivity contribution in [2.24, 2.45) is 0 Å². The molecule has 0 aliphatic carbocycles. The Labute approximate surface area is 107 Å². The Bertz CT molecular complexity index is 434. The highest BCUT2D eigenvalue weighted by Gasteiger charge is 2.31. The predicted octanol–water partition coefficient (Wildman–Crippen LogP) is 0.850. The summed E-state index contributed by atoms with van der Waals surface area (Å²) < 4.78 is 0. The molecule has 0 spiro atoms. The van der Waals surface area contributed by atoms with Crippen LogP contribution in [-0.4, -0.2) is 35.6 Å². The van der Waals surface area contributed by atoms with Crippen LogP contribution in [0, 0.1) is 0 Å². The van der Waals surface area contributed by atoms with Crippen LogP contribution in [0.1, 0.15) is 31.4 Å². The molecule has 2 N–H and O–H groups in total. The number of hydrogen-bond acceptors (Lipinski definition) is 4. The molecule has 0 saturated carbocycles. The Morgan fingerprint density at radius 1 is 1.67 bits per heavy atom. The summed E-state index contributed by atoms with van der Waals surface area (Å²) in [6.07, 6.45) is 2.99. The van der Waals surface area contributed by atoms with Crippen molar-refractivity contribution < 1.29 is 9.90 Å². The summed E-state index contributed by atoms with van der Waals surface area (Å²) in [5.41, 5.74) is 0.822. The Balaban J connectivity index is 2.24. The predicted molar refractivity (Wildman–Crippen MR) is 69.3 cm³/mol. The SMILES string of the molecule is CNC(=O)C1CCCN1c1cc([C@H](C)O)ccn1. The van der Waals surface area contributed by atoms with E-state index in [1.54, 1.807) is 26.2 Å². The fourth-order valence-corrected chi connectivity index (χ4v) is 2.33. The highest BCUT2D eigenvalue weighted by Crippen LogP contribution is 2.25. The molecule has 1 aromatic heterocycles. The second-order valence-electron chi connectivity index (χ2n) is 4.59. The van der Waals surface area contributed by atoms with E-state index in [1.165, 1.54) is 0 Å². The van der Waals surface area contributed by atoms with Gasteiger partial charge in [0.25, 0.3) is 0 Å². The molecular formula is C13H19N3O2. The van der Waals surface area contributed by atoms with Crippen LogP contribution < -0.4 is 10.2 Å². The lowest BCUT2D eigenvalue weighted by Gasteiger charge is -2.24. The maximum absolute atomic E-state index is 11.8. The normalized spacial score (nSPS) is 20.8. The fourth-order valence-electron chi connectivity index (χ4n) is 2.33. The van der Waals surface area contributed by atoms with Gasteiger partial charge in [0.05, 0.1) is 6.10 Å². The van der Waals surface area contributed by atoms with Crippen LogP contribution >= 0.6 is 0 Å². The van der Waals surface area contributed by atoms with Crippen LogP contribution in [0.2, 0.25) is 0 Å². The van der Waals surface area contributed by atoms with Crippen molar-refractivity contribution in [3.05, 3.63) is 23.9 Å². The molecule has 1 saturated heterocycles. The number of aliphatic hydroxyl groups excluding tert-OH is 1. The molecule has 1 aliphatic heterocycles. The maximum atomic E-state index is 11.8. The molecule has 2 heterocycles. The molecule has 2 atom stereocenters. The largest absolute Gasteiger partial charge is 0.389 e. The molecule has 1 amide bonds. The van der Waals surface area contributed by atoms with E-state index in [1.807, 2.05) is 11.0 Å². The zero-order valence-electron chi connectivity index (χ0n) is 10.8. The second-order valence-corrected chi connectivity index (χ2v) is 4.59. The molecule has 2 rings (SSSR count). The number of carbonyl (C=O) groups is 1. The first kappa shape index (κ1) is 12.8. The molecular weight excluding hydrogens is 230 g/mol. The topological polar surface area (TPSA) is 65.5 Å². The van der Waals surface area contributed by atoms with Gasteiger partial charge in [-0.1, -0.05) is 0 Å². The number of amides is 1. The second kappa shape index (κ2) is 5.35. The van der Waals surface area contributed by atoms with E-state index < -0.39 is 6.10 Å². The van der Waals surface area contributed by atoms with Gasteiger partial charge < -0.3 is 15.3 Å². The number of nitrogens with one attached hydrogen (secondary N) is 1. The van der Waals surface area contributed by atoms with Crippen molar-refractivity contribution in [3.63, 3.8) is 0 Å². The molecule has 0 bridgehead atoms. The number of aromatic nitrogens is 1. The summed E-state index contributed by atoms with van der Waals surface area (Å²) >= 11 is 0. The Kier molecular flexibility index (Phi) is 3.81. The first-order valence-corrected chi connectivity index (χ1v) is 6.25. The summed E-state index contributed by atoms with van der Waals surface area (Å²) in [5, 5.41) is 12.3. The minimum atomic E-state index is -0.521. The van der Waals surface area contributed by atoms with E-state index in [2.05, 4.69) is 10.3 Å². The van der Waals surface area contributed by atoms with E-state index in [0.29, 0.717) is 0 Å². The first-order chi connectivity index (χ1) is 8.63. The smallest absolute Gasteiger partial charge is 0.242 e. The first-order valence-electron chi connectivity index (χ1n) is 6.25. The standard InChI is InChI=1S/C13H19N3O2/c1-9(17)10-5-6-15-12(8-10)16-7-3-4-11(16)13(18)14-2/h5-6,8-9,11,17H,3-4,7H2,1-2H3,(H,14,18)/t9-,11?/m0/s1. The number of rotatable bonds is 3. The van der Waals surface area contributed by atoms with Crippen LogP contribution in [0.3, 0.4) is 0 Å². The van der Waals surface area contributed by atoms with Gasteiger partial charge in [-0.2, -0.15) is 0 Å². The summed E-state index contributed by atoms with van der Waals surface area (Å²) in [5.74, 6) is 0.788. The van der Waals surface area contributed by atoms with Crippen molar-refractivity contribution in [3.8, 4) is 0 Å². The zero-order chi connectivity index (χ0) is 13.1. The van der Waals surface area contributed by atoms with Crippen molar-refractivity contribution >= 4 is 11.7 Å². The minimum Gasteiger partial charge on any atom is -0.389 e. The van der Waals surface area contributed by atoms with Gasteiger partial charge in [-0.25, -0.2) is 4.98 Å². The maximum Gasteiger partial charge on any atom is 0.242 e. The molecule has 0 aromatic carbocycles. The van der Waals surface area contributed by atoms with E-state index in [0.717, 1.165) is 30.8 Å². The quantitative estimate of drug-likeness (QED) is 0.833. The summed E-state index contributed by atoms with van der Waals surface area (Å²) in [7, 11) is 1.65. The Morgan fingerprint density at radius 2 is 2.44 bits per heavy atom.